The van der Waals surface area contributed by atoms with Crippen LogP contribution in [0.5, 0.6) is 0 Å². The Balaban J connectivity index is 2.42. The van der Waals surface area contributed by atoms with E-state index in [0.717, 1.165) is 25.5 Å². The number of alkyl halides is 3. The van der Waals surface area contributed by atoms with Crippen molar-refractivity contribution in [1.82, 2.24) is 9.78 Å². The molecular formula is C16H16F3N3O5S. The topological polar surface area (TPSA) is 99.5 Å². The second-order valence-electron chi connectivity index (χ2n) is 5.46. The third-order valence-corrected chi connectivity index (χ3v) is 4.81. The summed E-state index contributed by atoms with van der Waals surface area (Å²) < 4.78 is 48.7. The molecule has 0 saturated carbocycles. The number of carbonyl (C=O) groups excluding carboxylic acids is 3. The first-order valence-corrected chi connectivity index (χ1v) is 8.64. The van der Waals surface area contributed by atoms with Crippen LogP contribution in [0.15, 0.2) is 6.07 Å². The molecule has 0 spiro atoms. The van der Waals surface area contributed by atoms with E-state index in [1.165, 1.54) is 6.92 Å². The summed E-state index contributed by atoms with van der Waals surface area (Å²) in [6, 6.07) is 0.583. The van der Waals surface area contributed by atoms with Crippen molar-refractivity contribution in [3.8, 4) is 0 Å². The minimum atomic E-state index is -4.69. The summed E-state index contributed by atoms with van der Waals surface area (Å²) >= 11 is 0.753. The molecule has 12 heteroatoms. The molecule has 2 heterocycles. The van der Waals surface area contributed by atoms with Crippen LogP contribution in [0.2, 0.25) is 0 Å². The molecule has 8 nitrogen and oxygen atoms in total. The van der Waals surface area contributed by atoms with Gasteiger partial charge in [0.1, 0.15) is 15.6 Å². The number of hydrogen-bond acceptors (Lipinski definition) is 7. The standard InChI is InChI=1S/C16H16F3N3O5S/c1-5-27-15(25)11-7(2)10(14(24)26-4)13(28-11)20-12(23)8-6-9(16(17,18)19)22(3)21-8/h6H,5H2,1-4H3,(H,20,23). The molecule has 0 aliphatic carbocycles. The third-order valence-electron chi connectivity index (χ3n) is 3.63. The van der Waals surface area contributed by atoms with Gasteiger partial charge < -0.3 is 14.8 Å². The lowest BCUT2D eigenvalue weighted by atomic mass is 10.1. The summed E-state index contributed by atoms with van der Waals surface area (Å²) in [7, 11) is 2.16. The van der Waals surface area contributed by atoms with Gasteiger partial charge in [0.15, 0.2) is 5.69 Å². The molecule has 0 aliphatic rings. The zero-order chi connectivity index (χ0) is 21.2. The van der Waals surface area contributed by atoms with Crippen molar-refractivity contribution in [1.29, 1.82) is 0 Å². The van der Waals surface area contributed by atoms with Crippen LogP contribution in [0.1, 0.15) is 48.7 Å². The number of nitrogens with one attached hydrogen (secondary N) is 1. The number of nitrogens with zero attached hydrogens (tertiary/aromatic N) is 2. The first-order valence-electron chi connectivity index (χ1n) is 7.82. The number of carbonyl (C=O) groups is 3. The first kappa shape index (κ1) is 21.4. The van der Waals surface area contributed by atoms with Gasteiger partial charge in [0.2, 0.25) is 0 Å². The summed E-state index contributed by atoms with van der Waals surface area (Å²) in [5.41, 5.74) is -1.48. The molecule has 0 aliphatic heterocycles. The number of methoxy groups -OCH3 is 1. The molecule has 0 aromatic carbocycles. The van der Waals surface area contributed by atoms with Crippen molar-refractivity contribution in [2.45, 2.75) is 20.0 Å². The van der Waals surface area contributed by atoms with Gasteiger partial charge in [-0.1, -0.05) is 0 Å². The lowest BCUT2D eigenvalue weighted by Gasteiger charge is -2.04. The van der Waals surface area contributed by atoms with E-state index in [1.54, 1.807) is 6.92 Å². The monoisotopic (exact) mass is 419 g/mol. The molecule has 2 rings (SSSR count). The number of halogens is 3. The highest BCUT2D eigenvalue weighted by atomic mass is 32.1. The molecule has 0 bridgehead atoms. The van der Waals surface area contributed by atoms with Crippen LogP contribution in [0.4, 0.5) is 18.2 Å². The zero-order valence-corrected chi connectivity index (χ0v) is 16.1. The predicted molar refractivity (Wildman–Crippen MR) is 92.5 cm³/mol. The van der Waals surface area contributed by atoms with E-state index >= 15 is 0 Å². The van der Waals surface area contributed by atoms with Gasteiger partial charge in [-0.2, -0.15) is 18.3 Å². The molecule has 2 aromatic rings. The number of esters is 2. The Hall–Kier alpha value is -2.89. The van der Waals surface area contributed by atoms with Crippen LogP contribution in [0.3, 0.4) is 0 Å². The number of aryl methyl sites for hydroxylation is 1. The summed E-state index contributed by atoms with van der Waals surface area (Å²) in [5, 5.41) is 5.80. The Kier molecular flexibility index (Phi) is 6.12. The fraction of sp³-hybridized carbons (Fsp3) is 0.375. The molecule has 1 amide bonds. The van der Waals surface area contributed by atoms with Gasteiger partial charge in [-0.25, -0.2) is 9.59 Å². The molecule has 0 radical (unpaired) electrons. The van der Waals surface area contributed by atoms with Crippen LogP contribution in [-0.2, 0) is 22.7 Å². The third kappa shape index (κ3) is 4.16. The van der Waals surface area contributed by atoms with Gasteiger partial charge in [-0.15, -0.1) is 11.3 Å². The van der Waals surface area contributed by atoms with Crippen molar-refractivity contribution < 1.29 is 37.0 Å². The number of rotatable bonds is 5. The van der Waals surface area contributed by atoms with E-state index in [2.05, 4.69) is 15.2 Å². The van der Waals surface area contributed by atoms with Gasteiger partial charge in [0.05, 0.1) is 19.3 Å². The van der Waals surface area contributed by atoms with E-state index in [0.29, 0.717) is 10.7 Å². The second kappa shape index (κ2) is 8.00. The van der Waals surface area contributed by atoms with Crippen LogP contribution < -0.4 is 5.32 Å². The SMILES string of the molecule is CCOC(=O)c1sc(NC(=O)c2cc(C(F)(F)F)n(C)n2)c(C(=O)OC)c1C. The van der Waals surface area contributed by atoms with E-state index in [1.807, 2.05) is 0 Å². The molecule has 1 N–H and O–H groups in total. The molecular weight excluding hydrogens is 403 g/mol. The maximum absolute atomic E-state index is 12.9. The second-order valence-corrected chi connectivity index (χ2v) is 6.48. The van der Waals surface area contributed by atoms with Crippen molar-refractivity contribution >= 4 is 34.2 Å². The Morgan fingerprint density at radius 1 is 1.29 bits per heavy atom. The highest BCUT2D eigenvalue weighted by Gasteiger charge is 2.36. The van der Waals surface area contributed by atoms with Gasteiger partial charge in [0, 0.05) is 13.1 Å². The van der Waals surface area contributed by atoms with E-state index in [-0.39, 0.29) is 27.6 Å². The normalized spacial score (nSPS) is 11.2. The van der Waals surface area contributed by atoms with Crippen molar-refractivity contribution in [2.75, 3.05) is 19.0 Å². The average molecular weight is 419 g/mol. The van der Waals surface area contributed by atoms with Crippen molar-refractivity contribution in [2.24, 2.45) is 7.05 Å². The van der Waals surface area contributed by atoms with Gasteiger partial charge >= 0.3 is 18.1 Å². The van der Waals surface area contributed by atoms with Crippen LogP contribution in [0, 0.1) is 6.92 Å². The minimum Gasteiger partial charge on any atom is -0.465 e. The Morgan fingerprint density at radius 3 is 2.43 bits per heavy atom. The molecule has 0 fully saturated rings. The molecule has 28 heavy (non-hydrogen) atoms. The number of amides is 1. The van der Waals surface area contributed by atoms with Crippen LogP contribution >= 0.6 is 11.3 Å². The molecule has 0 atom stereocenters. The fourth-order valence-electron chi connectivity index (χ4n) is 2.35. The minimum absolute atomic E-state index is 0.0587. The maximum Gasteiger partial charge on any atom is 0.433 e. The number of thiophene rings is 1. The van der Waals surface area contributed by atoms with Crippen LogP contribution in [0.25, 0.3) is 0 Å². The molecule has 152 valence electrons. The summed E-state index contributed by atoms with van der Waals surface area (Å²) in [6.45, 7) is 3.16. The Morgan fingerprint density at radius 2 is 1.93 bits per heavy atom. The lowest BCUT2D eigenvalue weighted by molar-refractivity contribution is -0.143. The zero-order valence-electron chi connectivity index (χ0n) is 15.3. The van der Waals surface area contributed by atoms with E-state index < -0.39 is 35.4 Å². The largest absolute Gasteiger partial charge is 0.465 e. The molecule has 2 aromatic heterocycles. The highest BCUT2D eigenvalue weighted by Crippen LogP contribution is 2.35. The van der Waals surface area contributed by atoms with E-state index in [9.17, 15) is 27.6 Å². The highest BCUT2D eigenvalue weighted by molar-refractivity contribution is 7.18. The summed E-state index contributed by atoms with van der Waals surface area (Å²) in [4.78, 5) is 36.5. The van der Waals surface area contributed by atoms with Crippen molar-refractivity contribution in [3.05, 3.63) is 33.5 Å². The number of aromatic nitrogens is 2. The Bertz CT molecular complexity index is 933. The fourth-order valence-corrected chi connectivity index (χ4v) is 3.44. The van der Waals surface area contributed by atoms with E-state index in [4.69, 9.17) is 4.74 Å². The first-order chi connectivity index (χ1) is 13.0. The van der Waals surface area contributed by atoms with Gasteiger partial charge in [-0.3, -0.25) is 9.48 Å². The van der Waals surface area contributed by atoms with Gasteiger partial charge in [-0.05, 0) is 19.4 Å². The summed E-state index contributed by atoms with van der Waals surface area (Å²) in [5.74, 6) is -2.50. The number of anilines is 1. The number of ether oxygens (including phenoxy) is 2. The quantitative estimate of drug-likeness (QED) is 0.748. The van der Waals surface area contributed by atoms with Gasteiger partial charge in [0.25, 0.3) is 5.91 Å². The van der Waals surface area contributed by atoms with Crippen molar-refractivity contribution in [3.63, 3.8) is 0 Å². The number of hydrogen-bond donors (Lipinski definition) is 1. The maximum atomic E-state index is 12.9. The lowest BCUT2D eigenvalue weighted by Crippen LogP contribution is -2.15. The Labute approximate surface area is 161 Å². The summed E-state index contributed by atoms with van der Waals surface area (Å²) in [6.07, 6.45) is -4.69. The average Bonchev–Trinajstić information content (AvgIpc) is 3.15. The smallest absolute Gasteiger partial charge is 0.433 e. The predicted octanol–water partition coefficient (Wildman–Crippen LogP) is 3.02. The molecule has 0 saturated heterocycles. The molecule has 0 unspecified atom stereocenters. The van der Waals surface area contributed by atoms with Crippen LogP contribution in [-0.4, -0.2) is 41.3 Å².